The Kier molecular flexibility index (Phi) is 6.89. The number of benzene rings is 2. The van der Waals surface area contributed by atoms with E-state index in [0.29, 0.717) is 24.4 Å². The van der Waals surface area contributed by atoms with Crippen LogP contribution in [0.25, 0.3) is 10.8 Å². The first-order chi connectivity index (χ1) is 14.8. The molecule has 1 aromatic heterocycles. The van der Waals surface area contributed by atoms with E-state index in [9.17, 15) is 4.79 Å². The Morgan fingerprint density at radius 1 is 1.00 bits per heavy atom. The van der Waals surface area contributed by atoms with Crippen LogP contribution in [0.4, 0.5) is 0 Å². The lowest BCUT2D eigenvalue weighted by Crippen LogP contribution is -2.41. The maximum absolute atomic E-state index is 13.7. The summed E-state index contributed by atoms with van der Waals surface area (Å²) in [6, 6.07) is 21.3. The van der Waals surface area contributed by atoms with Gasteiger partial charge in [0.1, 0.15) is 0 Å². The molecule has 5 heteroatoms. The van der Waals surface area contributed by atoms with Crippen LogP contribution in [0.1, 0.15) is 42.9 Å². The highest BCUT2D eigenvalue weighted by atomic mass is 35.5. The fourth-order valence-electron chi connectivity index (χ4n) is 4.96. The first kappa shape index (κ1) is 21.8. The van der Waals surface area contributed by atoms with Crippen LogP contribution in [-0.4, -0.2) is 34.9 Å². The molecule has 5 rings (SSSR count). The van der Waals surface area contributed by atoms with Crippen molar-refractivity contribution in [2.45, 2.75) is 44.2 Å². The number of amides is 1. The Morgan fingerprint density at radius 2 is 1.84 bits per heavy atom. The van der Waals surface area contributed by atoms with Crippen LogP contribution in [0, 0.1) is 5.92 Å². The molecule has 1 saturated heterocycles. The molecule has 2 heterocycles. The second-order valence-corrected chi connectivity index (χ2v) is 8.64. The second-order valence-electron chi connectivity index (χ2n) is 8.64. The van der Waals surface area contributed by atoms with Crippen molar-refractivity contribution in [2.24, 2.45) is 5.92 Å². The quantitative estimate of drug-likeness (QED) is 0.618. The summed E-state index contributed by atoms with van der Waals surface area (Å²) in [5.74, 6) is 0.736. The molecule has 1 amide bonds. The summed E-state index contributed by atoms with van der Waals surface area (Å²) in [5.41, 5.74) is 2.30. The molecule has 2 fully saturated rings. The zero-order chi connectivity index (χ0) is 20.3. The molecule has 3 atom stereocenters. The van der Waals surface area contributed by atoms with Gasteiger partial charge in [0.2, 0.25) is 5.91 Å². The summed E-state index contributed by atoms with van der Waals surface area (Å²) in [6.07, 6.45) is 5.98. The minimum Gasteiger partial charge on any atom is -0.334 e. The van der Waals surface area contributed by atoms with Gasteiger partial charge in [0.15, 0.2) is 0 Å². The smallest absolute Gasteiger partial charge is 0.226 e. The van der Waals surface area contributed by atoms with Gasteiger partial charge < -0.3 is 10.2 Å². The number of pyridine rings is 1. The van der Waals surface area contributed by atoms with Crippen LogP contribution in [0.15, 0.2) is 66.9 Å². The molecule has 1 aliphatic heterocycles. The minimum atomic E-state index is 0. The summed E-state index contributed by atoms with van der Waals surface area (Å²) >= 11 is 0. The average molecular weight is 436 g/mol. The zero-order valence-corrected chi connectivity index (χ0v) is 18.6. The van der Waals surface area contributed by atoms with E-state index in [4.69, 9.17) is 0 Å². The van der Waals surface area contributed by atoms with Gasteiger partial charge in [-0.1, -0.05) is 48.5 Å². The van der Waals surface area contributed by atoms with Crippen molar-refractivity contribution in [1.29, 1.82) is 0 Å². The molecular formula is C26H30ClN3O. The lowest BCUT2D eigenvalue weighted by molar-refractivity contribution is -0.136. The largest absolute Gasteiger partial charge is 0.334 e. The Balaban J connectivity index is 0.00000231. The molecule has 0 bridgehead atoms. The van der Waals surface area contributed by atoms with Gasteiger partial charge in [0.05, 0.1) is 12.2 Å². The van der Waals surface area contributed by atoms with E-state index in [1.54, 1.807) is 0 Å². The molecule has 2 aromatic carbocycles. The van der Waals surface area contributed by atoms with Crippen LogP contribution < -0.4 is 5.32 Å². The van der Waals surface area contributed by atoms with E-state index in [-0.39, 0.29) is 18.3 Å². The monoisotopic (exact) mass is 435 g/mol. The normalized spacial score (nSPS) is 22.9. The molecule has 0 radical (unpaired) electrons. The maximum atomic E-state index is 13.7. The predicted molar refractivity (Wildman–Crippen MR) is 127 cm³/mol. The maximum Gasteiger partial charge on any atom is 0.226 e. The van der Waals surface area contributed by atoms with Crippen LogP contribution in [0.2, 0.25) is 0 Å². The highest BCUT2D eigenvalue weighted by Crippen LogP contribution is 2.50. The molecule has 3 aromatic rings. The molecule has 1 N–H and O–H groups in total. The van der Waals surface area contributed by atoms with Crippen molar-refractivity contribution in [3.05, 3.63) is 78.1 Å². The van der Waals surface area contributed by atoms with Gasteiger partial charge in [-0.3, -0.25) is 9.78 Å². The molecule has 31 heavy (non-hydrogen) atoms. The van der Waals surface area contributed by atoms with Gasteiger partial charge >= 0.3 is 0 Å². The summed E-state index contributed by atoms with van der Waals surface area (Å²) in [5, 5.41) is 6.03. The Morgan fingerprint density at radius 3 is 2.71 bits per heavy atom. The summed E-state index contributed by atoms with van der Waals surface area (Å²) in [4.78, 5) is 20.4. The Hall–Kier alpha value is -2.43. The fraction of sp³-hybridized carbons (Fsp3) is 0.385. The molecule has 1 saturated carbocycles. The third-order valence-electron chi connectivity index (χ3n) is 6.66. The van der Waals surface area contributed by atoms with E-state index in [0.717, 1.165) is 44.5 Å². The number of carbonyl (C=O) groups is 1. The van der Waals surface area contributed by atoms with Crippen LogP contribution in [0.3, 0.4) is 0 Å². The average Bonchev–Trinajstić information content (AvgIpc) is 3.62. The summed E-state index contributed by atoms with van der Waals surface area (Å²) in [7, 11) is 0. The van der Waals surface area contributed by atoms with Crippen molar-refractivity contribution < 1.29 is 4.79 Å². The number of fused-ring (bicyclic) bond motifs is 1. The van der Waals surface area contributed by atoms with Crippen molar-refractivity contribution in [3.63, 3.8) is 0 Å². The molecule has 4 nitrogen and oxygen atoms in total. The SMILES string of the molecule is Cl.O=C(C1CC1c1cccc2ccccc12)N(Cc1ccccn1)C1CCCNCC1. The lowest BCUT2D eigenvalue weighted by Gasteiger charge is -2.31. The number of carbonyl (C=O) groups excluding carboxylic acids is 1. The summed E-state index contributed by atoms with van der Waals surface area (Å²) in [6.45, 7) is 2.64. The topological polar surface area (TPSA) is 45.2 Å². The van der Waals surface area contributed by atoms with Gasteiger partial charge in [0, 0.05) is 18.2 Å². The Labute approximate surface area is 190 Å². The summed E-state index contributed by atoms with van der Waals surface area (Å²) < 4.78 is 0. The van der Waals surface area contributed by atoms with Gasteiger partial charge in [-0.05, 0) is 73.2 Å². The standard InChI is InChI=1S/C26H29N3O.ClH/c30-26(25-17-24(25)23-12-5-8-19-7-1-2-11-22(19)23)29(18-20-9-3-4-15-28-20)21-10-6-14-27-16-13-21;/h1-5,7-9,11-12,15,21,24-25,27H,6,10,13-14,16-18H2;1H. The molecule has 3 unspecified atom stereocenters. The minimum absolute atomic E-state index is 0. The third kappa shape index (κ3) is 4.76. The molecular weight excluding hydrogens is 406 g/mol. The van der Waals surface area contributed by atoms with E-state index < -0.39 is 0 Å². The molecule has 0 spiro atoms. The lowest BCUT2D eigenvalue weighted by atomic mass is 9.99. The predicted octanol–water partition coefficient (Wildman–Crippen LogP) is 4.93. The van der Waals surface area contributed by atoms with E-state index in [2.05, 4.69) is 57.7 Å². The first-order valence-electron chi connectivity index (χ1n) is 11.2. The zero-order valence-electron chi connectivity index (χ0n) is 17.7. The van der Waals surface area contributed by atoms with Crippen molar-refractivity contribution in [1.82, 2.24) is 15.2 Å². The van der Waals surface area contributed by atoms with E-state index >= 15 is 0 Å². The van der Waals surface area contributed by atoms with E-state index in [1.165, 1.54) is 16.3 Å². The highest BCUT2D eigenvalue weighted by Gasteiger charge is 2.47. The number of nitrogens with zero attached hydrogens (tertiary/aromatic N) is 2. The van der Waals surface area contributed by atoms with Crippen molar-refractivity contribution in [2.75, 3.05) is 13.1 Å². The number of rotatable bonds is 5. The fourth-order valence-corrected chi connectivity index (χ4v) is 4.96. The number of aromatic nitrogens is 1. The molecule has 162 valence electrons. The highest BCUT2D eigenvalue weighted by molar-refractivity contribution is 5.89. The second kappa shape index (κ2) is 9.80. The molecule has 2 aliphatic rings. The third-order valence-corrected chi connectivity index (χ3v) is 6.66. The Bertz CT molecular complexity index is 1010. The van der Waals surface area contributed by atoms with Crippen LogP contribution in [0.5, 0.6) is 0 Å². The number of hydrogen-bond donors (Lipinski definition) is 1. The number of hydrogen-bond acceptors (Lipinski definition) is 3. The van der Waals surface area contributed by atoms with Crippen molar-refractivity contribution in [3.8, 4) is 0 Å². The van der Waals surface area contributed by atoms with E-state index in [1.807, 2.05) is 24.4 Å². The molecule has 1 aliphatic carbocycles. The van der Waals surface area contributed by atoms with Gasteiger partial charge in [-0.2, -0.15) is 0 Å². The van der Waals surface area contributed by atoms with Gasteiger partial charge in [0.25, 0.3) is 0 Å². The van der Waals surface area contributed by atoms with Gasteiger partial charge in [-0.25, -0.2) is 0 Å². The van der Waals surface area contributed by atoms with Crippen LogP contribution >= 0.6 is 12.4 Å². The van der Waals surface area contributed by atoms with Crippen LogP contribution in [-0.2, 0) is 11.3 Å². The number of halogens is 1. The van der Waals surface area contributed by atoms with Gasteiger partial charge in [-0.15, -0.1) is 12.4 Å². The van der Waals surface area contributed by atoms with Crippen molar-refractivity contribution >= 4 is 29.1 Å². The number of nitrogens with one attached hydrogen (secondary N) is 1. The first-order valence-corrected chi connectivity index (χ1v) is 11.2.